The second-order valence-corrected chi connectivity index (χ2v) is 1.34. The summed E-state index contributed by atoms with van der Waals surface area (Å²) in [6.45, 7) is 0. The van der Waals surface area contributed by atoms with Crippen LogP contribution in [0, 0.1) is 0 Å². The zero-order valence-corrected chi connectivity index (χ0v) is 6.44. The quantitative estimate of drug-likeness (QED) is 0.314. The van der Waals surface area contributed by atoms with Gasteiger partial charge in [-0.25, -0.2) is 0 Å². The van der Waals surface area contributed by atoms with Gasteiger partial charge in [-0.05, 0) is 0 Å². The van der Waals surface area contributed by atoms with Gasteiger partial charge in [-0.1, -0.05) is 0 Å². The Bertz CT molecular complexity index is 93.3. The third-order valence-electron chi connectivity index (χ3n) is 0. The van der Waals surface area contributed by atoms with Gasteiger partial charge in [0, 0.05) is 0 Å². The molecule has 0 aromatic rings. The van der Waals surface area contributed by atoms with Crippen LogP contribution in [0.4, 0.5) is 0 Å². The van der Waals surface area contributed by atoms with Crippen LogP contribution >= 0.6 is 0 Å². The fraction of sp³-hybridized carbons (Fsp3) is 0. The first-order chi connectivity index (χ1) is 2.00. The molecule has 0 radical (unpaired) electrons. The maximum Gasteiger partial charge on any atom is 0.394 e. The zero-order valence-electron chi connectivity index (χ0n) is 5.62. The highest BCUT2D eigenvalue weighted by Gasteiger charge is 1.84. The lowest BCUT2D eigenvalue weighted by Crippen LogP contribution is -1.89. The van der Waals surface area contributed by atoms with Gasteiger partial charge < -0.3 is 38.3 Å². The number of hydrogen-bond acceptors (Lipinski definition) is 2. The van der Waals surface area contributed by atoms with E-state index in [-0.39, 0.29) is 55.7 Å². The molecule has 0 spiro atoms. The summed E-state index contributed by atoms with van der Waals surface area (Å²) < 4.78 is 31.6. The molecule has 0 unspecified atom stereocenters. The van der Waals surface area contributed by atoms with E-state index in [0.29, 0.717) is 0 Å². The summed E-state index contributed by atoms with van der Waals surface area (Å²) in [6.07, 6.45) is 0. The Morgan fingerprint density at radius 3 is 0.615 bits per heavy atom. The summed E-state index contributed by atoms with van der Waals surface area (Å²) in [6, 6.07) is 0. The molecule has 13 heteroatoms. The van der Waals surface area contributed by atoms with E-state index in [2.05, 4.69) is 0 Å². The summed E-state index contributed by atoms with van der Waals surface area (Å²) in [4.78, 5) is 0. The lowest BCUT2D eigenvalue weighted by molar-refractivity contribution is 0.381. The molecule has 0 aliphatic heterocycles. The van der Waals surface area contributed by atoms with E-state index in [1.807, 2.05) is 0 Å². The highest BCUT2D eigenvalue weighted by molar-refractivity contribution is 7.79. The monoisotopic (exact) mass is 254 g/mol. The second kappa shape index (κ2) is 40.0. The van der Waals surface area contributed by atoms with Gasteiger partial charge in [0.05, 0.1) is 0 Å². The maximum absolute atomic E-state index is 8.74. The molecule has 0 saturated carbocycles. The average Bonchev–Trinajstić information content (AvgIpc) is 0.722. The largest absolute Gasteiger partial charge is 0.412 e. The molecule has 0 atom stereocenters. The summed E-state index contributed by atoms with van der Waals surface area (Å²) in [5.41, 5.74) is 0. The minimum Gasteiger partial charge on any atom is -0.412 e. The SMILES string of the molecule is O.O.O.O.O.O.O.O=S(=O)(O)O.[AlH3]. The molecule has 13 heavy (non-hydrogen) atoms. The lowest BCUT2D eigenvalue weighted by atomic mass is 15.8. The van der Waals surface area contributed by atoms with Crippen molar-refractivity contribution in [3.8, 4) is 0 Å². The zero-order chi connectivity index (χ0) is 4.50. The minimum atomic E-state index is -4.67. The second-order valence-electron chi connectivity index (χ2n) is 0.448. The molecule has 0 bridgehead atoms. The number of hydrogen-bond donors (Lipinski definition) is 2. The molecule has 0 aromatic heterocycles. The van der Waals surface area contributed by atoms with Gasteiger partial charge in [0.25, 0.3) is 0 Å². The molecule has 0 aromatic carbocycles. The third-order valence-corrected chi connectivity index (χ3v) is 0. The van der Waals surface area contributed by atoms with Crippen LogP contribution in [0.15, 0.2) is 0 Å². The standard InChI is InChI=1S/Al.H2O4S.7H2O.3H/c;1-5(2,3)4;;;;;;;;;;/h;(H2,1,2,3,4);7*1H2;;;. The summed E-state index contributed by atoms with van der Waals surface area (Å²) >= 11 is 0. The van der Waals surface area contributed by atoms with Gasteiger partial charge in [-0.2, -0.15) is 8.42 Å². The Hall–Kier alpha value is 0.122. The summed E-state index contributed by atoms with van der Waals surface area (Å²) in [5, 5.41) is 0. The molecular weight excluding hydrogens is 235 g/mol. The van der Waals surface area contributed by atoms with Crippen LogP contribution in [0.5, 0.6) is 0 Å². The van der Waals surface area contributed by atoms with Crippen molar-refractivity contribution in [2.75, 3.05) is 0 Å². The highest BCUT2D eigenvalue weighted by atomic mass is 32.3. The number of rotatable bonds is 0. The molecule has 0 amide bonds. The van der Waals surface area contributed by atoms with Gasteiger partial charge in [0.2, 0.25) is 0 Å². The van der Waals surface area contributed by atoms with Crippen LogP contribution in [0.1, 0.15) is 0 Å². The molecule has 0 aliphatic rings. The molecular formula is H19AlO11S. The predicted molar refractivity (Wildman–Crippen MR) is 49.4 cm³/mol. The highest BCUT2D eigenvalue weighted by Crippen LogP contribution is 1.59. The Labute approximate surface area is 84.2 Å². The summed E-state index contributed by atoms with van der Waals surface area (Å²) in [7, 11) is -4.67. The van der Waals surface area contributed by atoms with Crippen molar-refractivity contribution in [3.05, 3.63) is 0 Å². The van der Waals surface area contributed by atoms with Crippen molar-refractivity contribution in [1.82, 2.24) is 0 Å². The minimum absolute atomic E-state index is 0. The van der Waals surface area contributed by atoms with Crippen LogP contribution in [-0.2, 0) is 10.4 Å². The van der Waals surface area contributed by atoms with Crippen molar-refractivity contribution in [3.63, 3.8) is 0 Å². The van der Waals surface area contributed by atoms with E-state index in [9.17, 15) is 0 Å². The average molecular weight is 254 g/mol. The van der Waals surface area contributed by atoms with Crippen LogP contribution in [-0.4, -0.2) is 73.2 Å². The molecule has 0 heterocycles. The summed E-state index contributed by atoms with van der Waals surface area (Å²) in [5.74, 6) is 0. The van der Waals surface area contributed by atoms with Crippen LogP contribution in [0.25, 0.3) is 0 Å². The molecule has 0 rings (SSSR count). The normalized spacial score (nSPS) is 4.46. The predicted octanol–water partition coefficient (Wildman–Crippen LogP) is -7.61. The smallest absolute Gasteiger partial charge is 0.394 e. The van der Waals surface area contributed by atoms with E-state index < -0.39 is 10.4 Å². The van der Waals surface area contributed by atoms with Gasteiger partial charge in [-0.3, -0.25) is 9.11 Å². The van der Waals surface area contributed by atoms with E-state index >= 15 is 0 Å². The Balaban J connectivity index is -0.00000000286. The molecule has 0 saturated heterocycles. The van der Waals surface area contributed by atoms with E-state index in [1.54, 1.807) is 0 Å². The fourth-order valence-electron chi connectivity index (χ4n) is 0. The van der Waals surface area contributed by atoms with Crippen molar-refractivity contribution >= 4 is 27.8 Å². The topological polar surface area (TPSA) is 295 Å². The van der Waals surface area contributed by atoms with Crippen molar-refractivity contribution < 1.29 is 55.9 Å². The van der Waals surface area contributed by atoms with Gasteiger partial charge >= 0.3 is 10.4 Å². The van der Waals surface area contributed by atoms with Crippen molar-refractivity contribution in [1.29, 1.82) is 0 Å². The van der Waals surface area contributed by atoms with E-state index in [4.69, 9.17) is 17.5 Å². The van der Waals surface area contributed by atoms with Crippen LogP contribution in [0.3, 0.4) is 0 Å². The first-order valence-corrected chi connectivity index (χ1v) is 2.10. The molecule has 16 N–H and O–H groups in total. The van der Waals surface area contributed by atoms with E-state index in [0.717, 1.165) is 0 Å². The van der Waals surface area contributed by atoms with Gasteiger partial charge in [0.1, 0.15) is 0 Å². The van der Waals surface area contributed by atoms with Crippen LogP contribution in [0.2, 0.25) is 0 Å². The molecule has 94 valence electrons. The van der Waals surface area contributed by atoms with Crippen molar-refractivity contribution in [2.45, 2.75) is 0 Å². The first kappa shape index (κ1) is 113. The van der Waals surface area contributed by atoms with Crippen molar-refractivity contribution in [2.24, 2.45) is 0 Å². The first-order valence-electron chi connectivity index (χ1n) is 0.698. The maximum atomic E-state index is 8.74. The Kier molecular flexibility index (Phi) is 349. The molecule has 11 nitrogen and oxygen atoms in total. The molecule has 0 fully saturated rings. The fourth-order valence-corrected chi connectivity index (χ4v) is 0. The van der Waals surface area contributed by atoms with E-state index in [1.165, 1.54) is 0 Å². The van der Waals surface area contributed by atoms with Crippen LogP contribution < -0.4 is 0 Å². The van der Waals surface area contributed by atoms with Gasteiger partial charge in [-0.15, -0.1) is 0 Å². The molecule has 0 aliphatic carbocycles. The Morgan fingerprint density at radius 2 is 0.615 bits per heavy atom. The lowest BCUT2D eigenvalue weighted by Gasteiger charge is -1.68. The Morgan fingerprint density at radius 1 is 0.615 bits per heavy atom. The third kappa shape index (κ3) is 82800. The van der Waals surface area contributed by atoms with Gasteiger partial charge in [0.15, 0.2) is 17.4 Å².